The third-order valence-electron chi connectivity index (χ3n) is 5.70. The quantitative estimate of drug-likeness (QED) is 0.820. The number of hydrogen-bond donors (Lipinski definition) is 1. The van der Waals surface area contributed by atoms with Gasteiger partial charge in [0.2, 0.25) is 11.8 Å². The lowest BCUT2D eigenvalue weighted by Gasteiger charge is -2.33. The number of carbonyl (C=O) groups excluding carboxylic acids is 2. The van der Waals surface area contributed by atoms with E-state index in [0.717, 1.165) is 32.4 Å². The normalized spacial score (nSPS) is 32.3. The Balaban J connectivity index is 1.67. The first kappa shape index (κ1) is 16.7. The molecule has 130 valence electrons. The van der Waals surface area contributed by atoms with Crippen molar-refractivity contribution in [1.29, 1.82) is 0 Å². The van der Waals surface area contributed by atoms with E-state index in [1.54, 1.807) is 7.05 Å². The Hall–Kier alpha value is -1.14. The standard InChI is InChI=1S/C17H29N3O3/c1-11(2)20-14(16(21)18-3)8-13-9-19(10-15(13)20)17(22)12-4-6-23-7-5-12/h11-15H,4-10H2,1-3H3,(H,18,21)/t13-,14-,15+/m0/s1. The van der Waals surface area contributed by atoms with Crippen LogP contribution in [-0.4, -0.2) is 73.1 Å². The van der Waals surface area contributed by atoms with Crippen LogP contribution in [0.5, 0.6) is 0 Å². The Morgan fingerprint density at radius 3 is 2.48 bits per heavy atom. The van der Waals surface area contributed by atoms with Crippen LogP contribution in [0.2, 0.25) is 0 Å². The van der Waals surface area contributed by atoms with Gasteiger partial charge >= 0.3 is 0 Å². The zero-order valence-corrected chi connectivity index (χ0v) is 14.5. The molecule has 6 heteroatoms. The second kappa shape index (κ2) is 6.77. The van der Waals surface area contributed by atoms with Gasteiger partial charge < -0.3 is 15.0 Å². The van der Waals surface area contributed by atoms with Crippen LogP contribution < -0.4 is 5.32 Å². The molecule has 0 aliphatic carbocycles. The largest absolute Gasteiger partial charge is 0.381 e. The monoisotopic (exact) mass is 323 g/mol. The Labute approximate surface area is 138 Å². The molecule has 0 bridgehead atoms. The number of nitrogens with one attached hydrogen (secondary N) is 1. The minimum Gasteiger partial charge on any atom is -0.381 e. The van der Waals surface area contributed by atoms with Gasteiger partial charge in [0.1, 0.15) is 0 Å². The summed E-state index contributed by atoms with van der Waals surface area (Å²) in [4.78, 5) is 29.3. The van der Waals surface area contributed by atoms with Gasteiger partial charge in [0, 0.05) is 51.4 Å². The fraction of sp³-hybridized carbons (Fsp3) is 0.882. The molecule has 0 unspecified atom stereocenters. The summed E-state index contributed by atoms with van der Waals surface area (Å²) < 4.78 is 5.36. The van der Waals surface area contributed by atoms with Crippen molar-refractivity contribution in [2.75, 3.05) is 33.4 Å². The SMILES string of the molecule is CNC(=O)[C@@H]1C[C@H]2CN(C(=O)C3CCOCC3)C[C@H]2N1C(C)C. The third kappa shape index (κ3) is 3.11. The van der Waals surface area contributed by atoms with Gasteiger partial charge in [0.25, 0.3) is 0 Å². The lowest BCUT2D eigenvalue weighted by atomic mass is 9.98. The van der Waals surface area contributed by atoms with Gasteiger partial charge in [-0.1, -0.05) is 0 Å². The fourth-order valence-electron chi connectivity index (χ4n) is 4.60. The summed E-state index contributed by atoms with van der Waals surface area (Å²) in [6.45, 7) is 7.26. The number of rotatable bonds is 3. The first-order valence-corrected chi connectivity index (χ1v) is 8.88. The Bertz CT molecular complexity index is 462. The first-order valence-electron chi connectivity index (χ1n) is 8.88. The van der Waals surface area contributed by atoms with Crippen LogP contribution >= 0.6 is 0 Å². The first-order chi connectivity index (χ1) is 11.0. The predicted molar refractivity (Wildman–Crippen MR) is 86.8 cm³/mol. The van der Waals surface area contributed by atoms with Crippen molar-refractivity contribution in [1.82, 2.24) is 15.1 Å². The number of likely N-dealkylation sites (N-methyl/N-ethyl adjacent to an activating group) is 1. The average Bonchev–Trinajstić information content (AvgIpc) is 3.11. The molecule has 0 aromatic heterocycles. The summed E-state index contributed by atoms with van der Waals surface area (Å²) in [6, 6.07) is 0.585. The molecular formula is C17H29N3O3. The van der Waals surface area contributed by atoms with E-state index in [9.17, 15) is 9.59 Å². The predicted octanol–water partition coefficient (Wildman–Crippen LogP) is 0.469. The third-order valence-corrected chi connectivity index (χ3v) is 5.70. The topological polar surface area (TPSA) is 61.9 Å². The van der Waals surface area contributed by atoms with Gasteiger partial charge in [0.15, 0.2) is 0 Å². The minimum absolute atomic E-state index is 0.0460. The Morgan fingerprint density at radius 2 is 1.87 bits per heavy atom. The highest BCUT2D eigenvalue weighted by Gasteiger charge is 2.50. The van der Waals surface area contributed by atoms with Crippen LogP contribution in [0.15, 0.2) is 0 Å². The van der Waals surface area contributed by atoms with E-state index in [1.807, 2.05) is 4.90 Å². The molecule has 0 aromatic rings. The molecule has 3 aliphatic rings. The number of likely N-dealkylation sites (tertiary alicyclic amines) is 2. The highest BCUT2D eigenvalue weighted by molar-refractivity contribution is 5.82. The van der Waals surface area contributed by atoms with Crippen LogP contribution in [0.3, 0.4) is 0 Å². The van der Waals surface area contributed by atoms with E-state index in [0.29, 0.717) is 37.1 Å². The van der Waals surface area contributed by atoms with Crippen molar-refractivity contribution in [2.24, 2.45) is 11.8 Å². The smallest absolute Gasteiger partial charge is 0.237 e. The van der Waals surface area contributed by atoms with Gasteiger partial charge in [-0.2, -0.15) is 0 Å². The average molecular weight is 323 g/mol. The zero-order valence-electron chi connectivity index (χ0n) is 14.5. The number of carbonyl (C=O) groups is 2. The Morgan fingerprint density at radius 1 is 1.17 bits per heavy atom. The highest BCUT2D eigenvalue weighted by Crippen LogP contribution is 2.38. The van der Waals surface area contributed by atoms with Gasteiger partial charge in [0.05, 0.1) is 6.04 Å². The van der Waals surface area contributed by atoms with Crippen LogP contribution in [0.25, 0.3) is 0 Å². The van der Waals surface area contributed by atoms with E-state index in [-0.39, 0.29) is 17.9 Å². The molecule has 0 saturated carbocycles. The summed E-state index contributed by atoms with van der Waals surface area (Å²) in [5.41, 5.74) is 0. The summed E-state index contributed by atoms with van der Waals surface area (Å²) in [7, 11) is 1.70. The van der Waals surface area contributed by atoms with Crippen molar-refractivity contribution in [3.05, 3.63) is 0 Å². The highest BCUT2D eigenvalue weighted by atomic mass is 16.5. The van der Waals surface area contributed by atoms with Gasteiger partial charge in [-0.05, 0) is 39.0 Å². The van der Waals surface area contributed by atoms with Crippen molar-refractivity contribution in [3.8, 4) is 0 Å². The van der Waals surface area contributed by atoms with Crippen LogP contribution in [-0.2, 0) is 14.3 Å². The van der Waals surface area contributed by atoms with E-state index in [2.05, 4.69) is 24.1 Å². The van der Waals surface area contributed by atoms with Crippen LogP contribution in [0.4, 0.5) is 0 Å². The zero-order chi connectivity index (χ0) is 16.6. The Kier molecular flexibility index (Phi) is 4.92. The second-order valence-corrected chi connectivity index (χ2v) is 7.36. The summed E-state index contributed by atoms with van der Waals surface area (Å²) in [5.74, 6) is 0.951. The second-order valence-electron chi connectivity index (χ2n) is 7.36. The molecule has 0 spiro atoms. The van der Waals surface area contributed by atoms with E-state index >= 15 is 0 Å². The molecule has 3 aliphatic heterocycles. The molecular weight excluding hydrogens is 294 g/mol. The van der Waals surface area contributed by atoms with Crippen LogP contribution in [0.1, 0.15) is 33.1 Å². The number of fused-ring (bicyclic) bond motifs is 1. The molecule has 3 fully saturated rings. The summed E-state index contributed by atoms with van der Waals surface area (Å²) >= 11 is 0. The molecule has 2 amide bonds. The van der Waals surface area contributed by atoms with Crippen LogP contribution in [0, 0.1) is 11.8 Å². The lowest BCUT2D eigenvalue weighted by Crippen LogP contribution is -2.50. The molecule has 3 rings (SSSR count). The number of hydrogen-bond acceptors (Lipinski definition) is 4. The van der Waals surface area contributed by atoms with Gasteiger partial charge in [-0.25, -0.2) is 0 Å². The minimum atomic E-state index is -0.0460. The van der Waals surface area contributed by atoms with Crippen molar-refractivity contribution in [3.63, 3.8) is 0 Å². The maximum atomic E-state index is 12.8. The van der Waals surface area contributed by atoms with Gasteiger partial charge in [-0.3, -0.25) is 14.5 Å². The van der Waals surface area contributed by atoms with Crippen molar-refractivity contribution >= 4 is 11.8 Å². The number of ether oxygens (including phenoxy) is 1. The summed E-state index contributed by atoms with van der Waals surface area (Å²) in [5, 5.41) is 2.79. The van der Waals surface area contributed by atoms with E-state index in [1.165, 1.54) is 0 Å². The summed E-state index contributed by atoms with van der Waals surface area (Å²) in [6.07, 6.45) is 2.55. The lowest BCUT2D eigenvalue weighted by molar-refractivity contribution is -0.138. The molecule has 3 atom stereocenters. The number of nitrogens with zero attached hydrogens (tertiary/aromatic N) is 2. The van der Waals surface area contributed by atoms with E-state index in [4.69, 9.17) is 4.74 Å². The van der Waals surface area contributed by atoms with E-state index < -0.39 is 0 Å². The molecule has 3 heterocycles. The molecule has 1 N–H and O–H groups in total. The van der Waals surface area contributed by atoms with Crippen molar-refractivity contribution < 1.29 is 14.3 Å². The van der Waals surface area contributed by atoms with Gasteiger partial charge in [-0.15, -0.1) is 0 Å². The number of amides is 2. The molecule has 3 saturated heterocycles. The molecule has 23 heavy (non-hydrogen) atoms. The molecule has 0 radical (unpaired) electrons. The fourth-order valence-corrected chi connectivity index (χ4v) is 4.60. The maximum absolute atomic E-state index is 12.8. The maximum Gasteiger partial charge on any atom is 0.237 e. The van der Waals surface area contributed by atoms with Crippen molar-refractivity contribution in [2.45, 2.75) is 51.2 Å². The molecule has 6 nitrogen and oxygen atoms in total. The molecule has 0 aromatic carbocycles.